The third kappa shape index (κ3) is 3.60. The van der Waals surface area contributed by atoms with E-state index in [2.05, 4.69) is 23.2 Å². The van der Waals surface area contributed by atoms with Crippen LogP contribution in [0.2, 0.25) is 0 Å². The van der Waals surface area contributed by atoms with Crippen LogP contribution in [0.5, 0.6) is 11.5 Å². The molecule has 4 rings (SSSR count). The number of hydrogen-bond donors (Lipinski definition) is 1. The number of nitrogens with zero attached hydrogens (tertiary/aromatic N) is 2. The fourth-order valence-corrected chi connectivity index (χ4v) is 4.58. The summed E-state index contributed by atoms with van der Waals surface area (Å²) in [6.45, 7) is 3.70. The predicted molar refractivity (Wildman–Crippen MR) is 110 cm³/mol. The Kier molecular flexibility index (Phi) is 5.29. The van der Waals surface area contributed by atoms with Crippen LogP contribution < -0.4 is 14.8 Å². The van der Waals surface area contributed by atoms with Crippen LogP contribution in [0.15, 0.2) is 18.2 Å². The number of fused-ring (bicyclic) bond motifs is 1. The number of carbonyl (C=O) groups is 1. The number of rotatable bonds is 6. The van der Waals surface area contributed by atoms with Gasteiger partial charge in [0.05, 0.1) is 19.7 Å². The molecule has 1 saturated carbocycles. The van der Waals surface area contributed by atoms with Crippen molar-refractivity contribution in [1.82, 2.24) is 9.88 Å². The van der Waals surface area contributed by atoms with Gasteiger partial charge in [0.2, 0.25) is 5.91 Å². The standard InChI is InChI=1S/C22H29N3O3/c1-14-8-21(24-18-11-20(28-3)19(27-2)10-17(14)18)23-12-15-9-22(26)25(13-15)16-6-4-5-7-16/h8,10-11,15-16H,4-7,9,12-13H2,1-3H3,(H,23,24)/t15-/m0/s1. The van der Waals surface area contributed by atoms with E-state index in [4.69, 9.17) is 14.5 Å². The number of likely N-dealkylation sites (tertiary alicyclic amines) is 1. The zero-order valence-corrected chi connectivity index (χ0v) is 17.0. The molecule has 0 spiro atoms. The lowest BCUT2D eigenvalue weighted by atomic mass is 10.1. The molecule has 6 nitrogen and oxygen atoms in total. The lowest BCUT2D eigenvalue weighted by molar-refractivity contribution is -0.129. The van der Waals surface area contributed by atoms with Gasteiger partial charge in [0.15, 0.2) is 11.5 Å². The molecule has 1 atom stereocenters. The van der Waals surface area contributed by atoms with Crippen molar-refractivity contribution >= 4 is 22.6 Å². The number of nitrogens with one attached hydrogen (secondary N) is 1. The van der Waals surface area contributed by atoms with Gasteiger partial charge in [-0.1, -0.05) is 12.8 Å². The Morgan fingerprint density at radius 3 is 2.57 bits per heavy atom. The minimum absolute atomic E-state index is 0.318. The Balaban J connectivity index is 1.47. The van der Waals surface area contributed by atoms with Gasteiger partial charge in [0.1, 0.15) is 5.82 Å². The number of aromatic nitrogens is 1. The van der Waals surface area contributed by atoms with E-state index >= 15 is 0 Å². The molecule has 150 valence electrons. The highest BCUT2D eigenvalue weighted by molar-refractivity contribution is 5.87. The number of hydrogen-bond acceptors (Lipinski definition) is 5. The molecular formula is C22H29N3O3. The molecule has 1 aliphatic heterocycles. The van der Waals surface area contributed by atoms with Crippen LogP contribution in [-0.2, 0) is 4.79 Å². The van der Waals surface area contributed by atoms with Gasteiger partial charge in [0, 0.05) is 42.9 Å². The molecule has 2 fully saturated rings. The van der Waals surface area contributed by atoms with Gasteiger partial charge < -0.3 is 19.7 Å². The Morgan fingerprint density at radius 2 is 1.86 bits per heavy atom. The van der Waals surface area contributed by atoms with Gasteiger partial charge >= 0.3 is 0 Å². The van der Waals surface area contributed by atoms with Crippen LogP contribution in [0, 0.1) is 12.8 Å². The first-order valence-corrected chi connectivity index (χ1v) is 10.2. The topological polar surface area (TPSA) is 63.7 Å². The smallest absolute Gasteiger partial charge is 0.223 e. The minimum Gasteiger partial charge on any atom is -0.493 e. The first-order chi connectivity index (χ1) is 13.6. The number of anilines is 1. The third-order valence-corrected chi connectivity index (χ3v) is 6.10. The van der Waals surface area contributed by atoms with Crippen LogP contribution in [0.3, 0.4) is 0 Å². The number of aryl methyl sites for hydroxylation is 1. The number of pyridine rings is 1. The van der Waals surface area contributed by atoms with E-state index in [-0.39, 0.29) is 0 Å². The second-order valence-corrected chi connectivity index (χ2v) is 7.98. The second kappa shape index (κ2) is 7.86. The first-order valence-electron chi connectivity index (χ1n) is 10.2. The molecule has 0 radical (unpaired) electrons. The summed E-state index contributed by atoms with van der Waals surface area (Å²) in [5, 5.41) is 4.50. The normalized spacial score (nSPS) is 20.2. The summed E-state index contributed by atoms with van der Waals surface area (Å²) in [6.07, 6.45) is 5.49. The number of benzene rings is 1. The van der Waals surface area contributed by atoms with Crippen LogP contribution in [-0.4, -0.2) is 49.1 Å². The summed E-state index contributed by atoms with van der Waals surface area (Å²) in [6, 6.07) is 6.41. The van der Waals surface area contributed by atoms with Crippen LogP contribution in [0.1, 0.15) is 37.7 Å². The highest BCUT2D eigenvalue weighted by atomic mass is 16.5. The number of ether oxygens (including phenoxy) is 2. The average Bonchev–Trinajstić information content (AvgIpc) is 3.34. The largest absolute Gasteiger partial charge is 0.493 e. The van der Waals surface area contributed by atoms with Crippen molar-refractivity contribution in [3.8, 4) is 11.5 Å². The fourth-order valence-electron chi connectivity index (χ4n) is 4.58. The van der Waals surface area contributed by atoms with E-state index in [9.17, 15) is 4.79 Å². The van der Waals surface area contributed by atoms with Crippen LogP contribution in [0.25, 0.3) is 10.9 Å². The molecule has 1 aromatic heterocycles. The van der Waals surface area contributed by atoms with E-state index in [1.807, 2.05) is 12.1 Å². The SMILES string of the molecule is COc1cc2nc(NC[C@@H]3CC(=O)N(C4CCCC4)C3)cc(C)c2cc1OC. The number of carbonyl (C=O) groups excluding carboxylic acids is 1. The molecule has 2 aliphatic rings. The number of methoxy groups -OCH3 is 2. The van der Waals surface area contributed by atoms with E-state index in [0.29, 0.717) is 35.8 Å². The summed E-state index contributed by atoms with van der Waals surface area (Å²) in [4.78, 5) is 19.3. The molecule has 2 heterocycles. The maximum absolute atomic E-state index is 12.4. The zero-order valence-electron chi connectivity index (χ0n) is 17.0. The van der Waals surface area contributed by atoms with Crippen molar-refractivity contribution in [3.63, 3.8) is 0 Å². The van der Waals surface area contributed by atoms with Gasteiger partial charge in [-0.05, 0) is 37.5 Å². The van der Waals surface area contributed by atoms with Crippen molar-refractivity contribution in [3.05, 3.63) is 23.8 Å². The van der Waals surface area contributed by atoms with Gasteiger partial charge in [-0.2, -0.15) is 0 Å². The Morgan fingerprint density at radius 1 is 1.14 bits per heavy atom. The Hall–Kier alpha value is -2.50. The summed E-state index contributed by atoms with van der Waals surface area (Å²) in [5.41, 5.74) is 2.00. The van der Waals surface area contributed by atoms with E-state index in [1.54, 1.807) is 14.2 Å². The first kappa shape index (κ1) is 18.8. The molecule has 28 heavy (non-hydrogen) atoms. The highest BCUT2D eigenvalue weighted by Gasteiger charge is 2.35. The number of amides is 1. The quantitative estimate of drug-likeness (QED) is 0.823. The van der Waals surface area contributed by atoms with E-state index in [0.717, 1.165) is 35.4 Å². The second-order valence-electron chi connectivity index (χ2n) is 7.98. The Bertz CT molecular complexity index is 877. The molecule has 2 aromatic rings. The summed E-state index contributed by atoms with van der Waals surface area (Å²) >= 11 is 0. The van der Waals surface area contributed by atoms with E-state index < -0.39 is 0 Å². The van der Waals surface area contributed by atoms with Crippen LogP contribution in [0.4, 0.5) is 5.82 Å². The molecule has 1 N–H and O–H groups in total. The lowest BCUT2D eigenvalue weighted by Gasteiger charge is -2.24. The predicted octanol–water partition coefficient (Wildman–Crippen LogP) is 3.76. The van der Waals surface area contributed by atoms with Crippen molar-refractivity contribution < 1.29 is 14.3 Å². The summed E-state index contributed by atoms with van der Waals surface area (Å²) in [5.74, 6) is 2.88. The minimum atomic E-state index is 0.318. The van der Waals surface area contributed by atoms with Crippen LogP contribution >= 0.6 is 0 Å². The molecule has 1 aromatic carbocycles. The molecular weight excluding hydrogens is 354 g/mol. The maximum atomic E-state index is 12.4. The molecule has 1 saturated heterocycles. The van der Waals surface area contributed by atoms with Crippen molar-refractivity contribution in [2.45, 2.75) is 45.1 Å². The third-order valence-electron chi connectivity index (χ3n) is 6.10. The maximum Gasteiger partial charge on any atom is 0.223 e. The van der Waals surface area contributed by atoms with Gasteiger partial charge in [-0.25, -0.2) is 4.98 Å². The van der Waals surface area contributed by atoms with Gasteiger partial charge in [-0.3, -0.25) is 4.79 Å². The van der Waals surface area contributed by atoms with Crippen molar-refractivity contribution in [1.29, 1.82) is 0 Å². The fraction of sp³-hybridized carbons (Fsp3) is 0.545. The zero-order chi connectivity index (χ0) is 19.7. The molecule has 1 amide bonds. The summed E-state index contributed by atoms with van der Waals surface area (Å²) in [7, 11) is 3.27. The molecule has 1 aliphatic carbocycles. The lowest BCUT2D eigenvalue weighted by Crippen LogP contribution is -2.34. The van der Waals surface area contributed by atoms with Crippen molar-refractivity contribution in [2.24, 2.45) is 5.92 Å². The molecule has 0 unspecified atom stereocenters. The van der Waals surface area contributed by atoms with E-state index in [1.165, 1.54) is 25.7 Å². The molecule has 0 bridgehead atoms. The monoisotopic (exact) mass is 383 g/mol. The van der Waals surface area contributed by atoms with Crippen molar-refractivity contribution in [2.75, 3.05) is 32.6 Å². The van der Waals surface area contributed by atoms with Gasteiger partial charge in [-0.15, -0.1) is 0 Å². The highest BCUT2D eigenvalue weighted by Crippen LogP contribution is 2.34. The van der Waals surface area contributed by atoms with Gasteiger partial charge in [0.25, 0.3) is 0 Å². The Labute approximate surface area is 166 Å². The average molecular weight is 383 g/mol. The molecule has 6 heteroatoms. The summed E-state index contributed by atoms with van der Waals surface area (Å²) < 4.78 is 10.8.